The number of hydrogen-bond donors (Lipinski definition) is 1. The van der Waals surface area contributed by atoms with Gasteiger partial charge >= 0.3 is 0 Å². The first kappa shape index (κ1) is 17.5. The Morgan fingerprint density at radius 3 is 2.48 bits per heavy atom. The molecule has 4 fully saturated rings. The molecule has 0 aliphatic heterocycles. The summed E-state index contributed by atoms with van der Waals surface area (Å²) in [7, 11) is 0.500. The lowest BCUT2D eigenvalue weighted by atomic mass is 9.50. The van der Waals surface area contributed by atoms with E-state index in [-0.39, 0.29) is 6.10 Å². The Morgan fingerprint density at radius 2 is 1.74 bits per heavy atom. The summed E-state index contributed by atoms with van der Waals surface area (Å²) in [4.78, 5) is 0. The van der Waals surface area contributed by atoms with Gasteiger partial charge in [0.1, 0.15) is 0 Å². The van der Waals surface area contributed by atoms with Gasteiger partial charge in [-0.2, -0.15) is 0 Å². The number of rotatable bonds is 0. The van der Waals surface area contributed by atoms with Crippen LogP contribution in [-0.2, 0) is 0 Å². The fourth-order valence-electron chi connectivity index (χ4n) is 7.15. The Labute approximate surface area is 141 Å². The van der Waals surface area contributed by atoms with Crippen LogP contribution in [-0.4, -0.2) is 18.4 Å². The van der Waals surface area contributed by atoms with Crippen LogP contribution in [0.15, 0.2) is 11.6 Å². The maximum absolute atomic E-state index is 9.99. The lowest BCUT2D eigenvalue weighted by molar-refractivity contribution is -0.0610. The Hall–Kier alpha value is -0.370. The van der Waals surface area contributed by atoms with Crippen LogP contribution in [0.25, 0.3) is 0 Å². The molecule has 7 atom stereocenters. The average Bonchev–Trinajstić information content (AvgIpc) is 2.92. The van der Waals surface area contributed by atoms with E-state index in [0.717, 1.165) is 42.4 Å². The van der Waals surface area contributed by atoms with Crippen molar-refractivity contribution in [2.24, 2.45) is 35.0 Å². The highest BCUT2D eigenvalue weighted by Crippen LogP contribution is 2.63. The Morgan fingerprint density at radius 1 is 1.00 bits per heavy atom. The van der Waals surface area contributed by atoms with Gasteiger partial charge in [-0.05, 0) is 99.7 Å². The third-order valence-electron chi connectivity index (χ3n) is 8.12. The minimum absolute atomic E-state index is 0.0118. The first-order valence-corrected chi connectivity index (χ1v) is 9.85. The van der Waals surface area contributed by atoms with E-state index in [1.54, 1.807) is 5.57 Å². The minimum Gasteiger partial charge on any atom is -0.393 e. The molecule has 0 saturated heterocycles. The Kier molecular flexibility index (Phi) is 5.21. The number of allylic oxidation sites excluding steroid dienone is 2. The van der Waals surface area contributed by atoms with Gasteiger partial charge in [0, 0.05) is 0 Å². The molecule has 132 valence electrons. The van der Waals surface area contributed by atoms with E-state index in [2.05, 4.69) is 19.9 Å². The Bertz CT molecular complexity index is 445. The zero-order chi connectivity index (χ0) is 16.6. The molecule has 0 bridgehead atoms. The van der Waals surface area contributed by atoms with Gasteiger partial charge in [-0.25, -0.2) is 0 Å². The molecule has 4 rings (SSSR count). The highest BCUT2D eigenvalue weighted by atomic mass is 19.1. The molecule has 23 heavy (non-hydrogen) atoms. The molecular weight excluding hydrogens is 287 g/mol. The van der Waals surface area contributed by atoms with Crippen LogP contribution in [0.1, 0.15) is 71.6 Å². The molecule has 0 aromatic heterocycles. The highest BCUT2D eigenvalue weighted by molar-refractivity contribution is 5.23. The highest BCUT2D eigenvalue weighted by Gasteiger charge is 2.54. The van der Waals surface area contributed by atoms with Crippen LogP contribution < -0.4 is 0 Å². The second-order valence-electron chi connectivity index (χ2n) is 8.71. The zero-order valence-electron chi connectivity index (χ0n) is 15.2. The summed E-state index contributed by atoms with van der Waals surface area (Å²) in [6.45, 7) is 4.83. The smallest absolute Gasteiger partial charge is 0.0785 e. The predicted octanol–water partition coefficient (Wildman–Crippen LogP) is 5.53. The first-order valence-electron chi connectivity index (χ1n) is 9.85. The van der Waals surface area contributed by atoms with Crippen molar-refractivity contribution < 1.29 is 9.50 Å². The molecule has 1 N–H and O–H groups in total. The van der Waals surface area contributed by atoms with Crippen molar-refractivity contribution in [3.8, 4) is 0 Å². The summed E-state index contributed by atoms with van der Waals surface area (Å²) in [5.41, 5.74) is 2.31. The van der Waals surface area contributed by atoms with E-state index in [1.807, 2.05) is 0 Å². The maximum Gasteiger partial charge on any atom is 0.0785 e. The van der Waals surface area contributed by atoms with Gasteiger partial charge in [-0.1, -0.05) is 18.6 Å². The van der Waals surface area contributed by atoms with Crippen molar-refractivity contribution in [1.82, 2.24) is 0 Å². The monoisotopic (exact) mass is 322 g/mol. The van der Waals surface area contributed by atoms with Gasteiger partial charge < -0.3 is 5.11 Å². The summed E-state index contributed by atoms with van der Waals surface area (Å²) in [5.74, 6) is 4.76. The fraction of sp³-hybridized carbons (Fsp3) is 0.905. The fourth-order valence-corrected chi connectivity index (χ4v) is 7.15. The van der Waals surface area contributed by atoms with Gasteiger partial charge in [0.15, 0.2) is 0 Å². The molecule has 7 unspecified atom stereocenters. The number of aliphatic hydroxyl groups excluding tert-OH is 1. The lowest BCUT2D eigenvalue weighted by Crippen LogP contribution is -2.48. The van der Waals surface area contributed by atoms with Crippen molar-refractivity contribution in [2.75, 3.05) is 7.18 Å². The van der Waals surface area contributed by atoms with Gasteiger partial charge in [-0.15, -0.1) is 0 Å². The Balaban J connectivity index is 0.000000753. The molecule has 1 nitrogen and oxygen atoms in total. The molecule has 4 aliphatic carbocycles. The van der Waals surface area contributed by atoms with Crippen LogP contribution in [0.5, 0.6) is 0 Å². The van der Waals surface area contributed by atoms with E-state index in [0.29, 0.717) is 12.6 Å². The maximum atomic E-state index is 9.99. The van der Waals surface area contributed by atoms with Crippen molar-refractivity contribution >= 4 is 0 Å². The summed E-state index contributed by atoms with van der Waals surface area (Å²) in [5, 5.41) is 9.99. The van der Waals surface area contributed by atoms with Crippen molar-refractivity contribution in [2.45, 2.75) is 77.7 Å². The van der Waals surface area contributed by atoms with E-state index < -0.39 is 0 Å². The molecule has 2 heteroatoms. The third-order valence-corrected chi connectivity index (χ3v) is 8.12. The zero-order valence-corrected chi connectivity index (χ0v) is 15.2. The van der Waals surface area contributed by atoms with Crippen LogP contribution in [0.4, 0.5) is 4.39 Å². The summed E-state index contributed by atoms with van der Waals surface area (Å²) in [6, 6.07) is 0. The molecule has 0 aromatic rings. The molecule has 4 aliphatic rings. The van der Waals surface area contributed by atoms with Crippen LogP contribution in [0.2, 0.25) is 0 Å². The van der Waals surface area contributed by atoms with Crippen molar-refractivity contribution in [1.29, 1.82) is 0 Å². The number of halogens is 1. The standard InChI is InChI=1S/C20H32O.CH3F/c1-3-14-5-9-19-18-7-4-13-12-15(21)6-8-16(13)17(18)10-11-20(14,19)2;1-2/h3,13,15-19,21H,4-12H2,1-2H3;1H3/b14-3-;. The van der Waals surface area contributed by atoms with Gasteiger partial charge in [-0.3, -0.25) is 4.39 Å². The molecule has 0 aromatic carbocycles. The second kappa shape index (κ2) is 6.86. The quantitative estimate of drug-likeness (QED) is 0.581. The van der Waals surface area contributed by atoms with E-state index >= 15 is 0 Å². The normalized spacial score (nSPS) is 50.4. The minimum atomic E-state index is 0.0118. The van der Waals surface area contributed by atoms with Crippen LogP contribution in [0.3, 0.4) is 0 Å². The van der Waals surface area contributed by atoms with Gasteiger partial charge in [0.05, 0.1) is 13.3 Å². The lowest BCUT2D eigenvalue weighted by Gasteiger charge is -2.55. The first-order chi connectivity index (χ1) is 11.1. The van der Waals surface area contributed by atoms with Gasteiger partial charge in [0.2, 0.25) is 0 Å². The number of alkyl halides is 1. The van der Waals surface area contributed by atoms with Crippen LogP contribution in [0, 0.1) is 35.0 Å². The molecule has 0 spiro atoms. The number of aliphatic hydroxyl groups is 1. The van der Waals surface area contributed by atoms with E-state index in [4.69, 9.17) is 0 Å². The summed E-state index contributed by atoms with van der Waals surface area (Å²) in [6.07, 6.45) is 14.5. The summed E-state index contributed by atoms with van der Waals surface area (Å²) >= 11 is 0. The molecule has 0 heterocycles. The summed E-state index contributed by atoms with van der Waals surface area (Å²) < 4.78 is 9.50. The van der Waals surface area contributed by atoms with Gasteiger partial charge in [0.25, 0.3) is 0 Å². The topological polar surface area (TPSA) is 20.2 Å². The molecule has 0 amide bonds. The van der Waals surface area contributed by atoms with E-state index in [1.165, 1.54) is 44.9 Å². The SMILES string of the molecule is C/C=C1/CCC2C3CCC4CC(O)CCC4C3CCC12C.CF. The van der Waals surface area contributed by atoms with E-state index in [9.17, 15) is 9.50 Å². The predicted molar refractivity (Wildman–Crippen MR) is 93.9 cm³/mol. The second-order valence-corrected chi connectivity index (χ2v) is 8.71. The van der Waals surface area contributed by atoms with Crippen LogP contribution >= 0.6 is 0 Å². The largest absolute Gasteiger partial charge is 0.393 e. The molecule has 4 saturated carbocycles. The van der Waals surface area contributed by atoms with Crippen molar-refractivity contribution in [3.05, 3.63) is 11.6 Å². The number of fused-ring (bicyclic) bond motifs is 5. The molecule has 0 radical (unpaired) electrons. The number of hydrogen-bond acceptors (Lipinski definition) is 1. The average molecular weight is 323 g/mol. The molecular formula is C21H35FO. The third kappa shape index (κ3) is 2.79. The van der Waals surface area contributed by atoms with Crippen molar-refractivity contribution in [3.63, 3.8) is 0 Å².